The lowest BCUT2D eigenvalue weighted by atomic mass is 9.90. The third kappa shape index (κ3) is 3.42. The lowest BCUT2D eigenvalue weighted by molar-refractivity contribution is 0.411. The quantitative estimate of drug-likeness (QED) is 0.717. The number of nitrogens with zero attached hydrogens (tertiary/aromatic N) is 2. The molecule has 0 saturated carbocycles. The molecular weight excluding hydrogens is 348 g/mol. The largest absolute Gasteiger partial charge is 0.326 e. The van der Waals surface area contributed by atoms with Gasteiger partial charge in [-0.15, -0.1) is 0 Å². The van der Waals surface area contributed by atoms with Gasteiger partial charge in [0.1, 0.15) is 0 Å². The second kappa shape index (κ2) is 7.40. The fourth-order valence-electron chi connectivity index (χ4n) is 4.30. The van der Waals surface area contributed by atoms with Crippen molar-refractivity contribution in [2.24, 2.45) is 0 Å². The molecule has 1 aromatic carbocycles. The monoisotopic (exact) mass is 376 g/mol. The smallest absolute Gasteiger partial charge is 0.248 e. The van der Waals surface area contributed by atoms with Gasteiger partial charge in [0, 0.05) is 35.1 Å². The van der Waals surface area contributed by atoms with E-state index < -0.39 is 0 Å². The van der Waals surface area contributed by atoms with Gasteiger partial charge in [0.15, 0.2) is 0 Å². The molecule has 5 heteroatoms. The Morgan fingerprint density at radius 2 is 2.04 bits per heavy atom. The predicted molar refractivity (Wildman–Crippen MR) is 112 cm³/mol. The number of benzene rings is 1. The molecule has 4 rings (SSSR count). The first kappa shape index (κ1) is 18.7. The molecule has 1 aliphatic carbocycles. The molecule has 3 aromatic rings. The fourth-order valence-corrected chi connectivity index (χ4v) is 4.30. The number of nitrogens with one attached hydrogen (secondary N) is 2. The Kier molecular flexibility index (Phi) is 4.94. The number of aromatic nitrogens is 3. The Hall–Kier alpha value is -2.66. The lowest BCUT2D eigenvalue weighted by Crippen LogP contribution is -2.29. The topological polar surface area (TPSA) is 62.7 Å². The van der Waals surface area contributed by atoms with Gasteiger partial charge in [-0.2, -0.15) is 5.10 Å². The van der Waals surface area contributed by atoms with E-state index in [-0.39, 0.29) is 17.6 Å². The summed E-state index contributed by atoms with van der Waals surface area (Å²) in [4.78, 5) is 14.6. The van der Waals surface area contributed by atoms with Crippen LogP contribution >= 0.6 is 0 Å². The van der Waals surface area contributed by atoms with E-state index in [1.165, 1.54) is 22.3 Å². The number of pyridine rings is 1. The second-order valence-electron chi connectivity index (χ2n) is 7.98. The van der Waals surface area contributed by atoms with Crippen LogP contribution in [0.5, 0.6) is 0 Å². The minimum atomic E-state index is -0.0157. The molecule has 146 valence electrons. The van der Waals surface area contributed by atoms with Crippen molar-refractivity contribution in [1.29, 1.82) is 0 Å². The third-order valence-electron chi connectivity index (χ3n) is 5.89. The summed E-state index contributed by atoms with van der Waals surface area (Å²) in [5.41, 5.74) is 8.23. The van der Waals surface area contributed by atoms with Crippen molar-refractivity contribution in [3.63, 3.8) is 0 Å². The van der Waals surface area contributed by atoms with Gasteiger partial charge in [-0.1, -0.05) is 18.2 Å². The zero-order valence-electron chi connectivity index (χ0n) is 17.0. The van der Waals surface area contributed by atoms with Crippen molar-refractivity contribution in [2.45, 2.75) is 59.0 Å². The first-order chi connectivity index (χ1) is 13.4. The summed E-state index contributed by atoms with van der Waals surface area (Å²) < 4.78 is 2.04. The number of rotatable bonds is 4. The number of hydrogen-bond donors (Lipinski definition) is 2. The maximum atomic E-state index is 11.6. The van der Waals surface area contributed by atoms with Crippen LogP contribution in [-0.4, -0.2) is 14.8 Å². The molecular formula is C23H28N4O. The van der Waals surface area contributed by atoms with Crippen molar-refractivity contribution >= 4 is 0 Å². The van der Waals surface area contributed by atoms with E-state index in [9.17, 15) is 4.79 Å². The summed E-state index contributed by atoms with van der Waals surface area (Å²) in [5.74, 6) is 0. The molecule has 0 radical (unpaired) electrons. The maximum Gasteiger partial charge on any atom is 0.248 e. The summed E-state index contributed by atoms with van der Waals surface area (Å²) in [5, 5.41) is 8.45. The van der Waals surface area contributed by atoms with Gasteiger partial charge >= 0.3 is 0 Å². The van der Waals surface area contributed by atoms with Crippen LogP contribution in [0.25, 0.3) is 5.69 Å². The molecule has 5 nitrogen and oxygen atoms in total. The number of fused-ring (bicyclic) bond motifs is 1. The normalized spacial score (nSPS) is 17.4. The Morgan fingerprint density at radius 1 is 1.21 bits per heavy atom. The minimum Gasteiger partial charge on any atom is -0.326 e. The predicted octanol–water partition coefficient (Wildman–Crippen LogP) is 4.21. The lowest BCUT2D eigenvalue weighted by Gasteiger charge is -2.29. The third-order valence-corrected chi connectivity index (χ3v) is 5.89. The highest BCUT2D eigenvalue weighted by Gasteiger charge is 2.24. The van der Waals surface area contributed by atoms with Crippen molar-refractivity contribution in [3.05, 3.63) is 80.5 Å². The zero-order valence-corrected chi connectivity index (χ0v) is 17.0. The fraction of sp³-hybridized carbons (Fsp3) is 0.391. The molecule has 0 bridgehead atoms. The Bertz CT molecular complexity index is 1060. The Balaban J connectivity index is 1.61. The van der Waals surface area contributed by atoms with Gasteiger partial charge in [-0.25, -0.2) is 4.68 Å². The summed E-state index contributed by atoms with van der Waals surface area (Å²) in [6.07, 6.45) is 5.08. The van der Waals surface area contributed by atoms with Gasteiger partial charge < -0.3 is 10.3 Å². The average molecular weight is 377 g/mol. The van der Waals surface area contributed by atoms with Crippen LogP contribution in [0, 0.1) is 20.8 Å². The van der Waals surface area contributed by atoms with Gasteiger partial charge in [0.25, 0.3) is 0 Å². The SMILES string of the molecule is Cc1ccc(C)c(-n2ncc(C(C)NC3CCCc4[nH]c(=O)ccc43)c2C)c1. The van der Waals surface area contributed by atoms with E-state index in [1.807, 2.05) is 16.9 Å². The highest BCUT2D eigenvalue weighted by Crippen LogP contribution is 2.31. The van der Waals surface area contributed by atoms with Crippen LogP contribution in [0.2, 0.25) is 0 Å². The Labute approximate surface area is 165 Å². The number of hydrogen-bond acceptors (Lipinski definition) is 3. The molecule has 0 amide bonds. The molecule has 0 saturated heterocycles. The van der Waals surface area contributed by atoms with Crippen LogP contribution < -0.4 is 10.9 Å². The summed E-state index contributed by atoms with van der Waals surface area (Å²) in [6.45, 7) is 8.56. The summed E-state index contributed by atoms with van der Waals surface area (Å²) in [6, 6.07) is 10.5. The first-order valence-corrected chi connectivity index (χ1v) is 10.0. The maximum absolute atomic E-state index is 11.6. The molecule has 2 aromatic heterocycles. The molecule has 2 heterocycles. The second-order valence-corrected chi connectivity index (χ2v) is 7.98. The van der Waals surface area contributed by atoms with Gasteiger partial charge in [-0.05, 0) is 69.7 Å². The molecule has 2 N–H and O–H groups in total. The average Bonchev–Trinajstić information content (AvgIpc) is 3.05. The standard InChI is InChI=1S/C23H28N4O/c1-14-8-9-15(2)22(12-14)27-17(4)19(13-24-27)16(3)25-20-6-5-7-21-18(20)10-11-23(28)26-21/h8-13,16,20,25H,5-7H2,1-4H3,(H,26,28). The van der Waals surface area contributed by atoms with Crippen LogP contribution in [0.1, 0.15) is 65.5 Å². The molecule has 0 fully saturated rings. The van der Waals surface area contributed by atoms with E-state index >= 15 is 0 Å². The van der Waals surface area contributed by atoms with Gasteiger partial charge in [0.2, 0.25) is 5.56 Å². The van der Waals surface area contributed by atoms with Crippen LogP contribution in [0.15, 0.2) is 41.3 Å². The number of H-pyrrole nitrogens is 1. The van der Waals surface area contributed by atoms with Crippen molar-refractivity contribution in [3.8, 4) is 5.69 Å². The van der Waals surface area contributed by atoms with Crippen molar-refractivity contribution in [2.75, 3.05) is 0 Å². The zero-order chi connectivity index (χ0) is 19.8. The molecule has 0 spiro atoms. The van der Waals surface area contributed by atoms with Gasteiger partial charge in [0.05, 0.1) is 11.9 Å². The highest BCUT2D eigenvalue weighted by atomic mass is 16.1. The van der Waals surface area contributed by atoms with Crippen molar-refractivity contribution in [1.82, 2.24) is 20.1 Å². The molecule has 1 aliphatic rings. The van der Waals surface area contributed by atoms with Crippen LogP contribution in [0.4, 0.5) is 0 Å². The first-order valence-electron chi connectivity index (χ1n) is 10.0. The van der Waals surface area contributed by atoms with E-state index in [2.05, 4.69) is 61.3 Å². The van der Waals surface area contributed by atoms with Crippen LogP contribution in [-0.2, 0) is 6.42 Å². The Morgan fingerprint density at radius 3 is 2.86 bits per heavy atom. The van der Waals surface area contributed by atoms with E-state index in [1.54, 1.807) is 6.07 Å². The van der Waals surface area contributed by atoms with Gasteiger partial charge in [-0.3, -0.25) is 4.79 Å². The molecule has 28 heavy (non-hydrogen) atoms. The van der Waals surface area contributed by atoms with Crippen molar-refractivity contribution < 1.29 is 0 Å². The molecule has 2 atom stereocenters. The van der Waals surface area contributed by atoms with E-state index in [0.717, 1.165) is 36.3 Å². The van der Waals surface area contributed by atoms with E-state index in [0.29, 0.717) is 0 Å². The minimum absolute atomic E-state index is 0.0157. The number of aryl methyl sites for hydroxylation is 3. The highest BCUT2D eigenvalue weighted by molar-refractivity contribution is 5.44. The number of aromatic amines is 1. The van der Waals surface area contributed by atoms with E-state index in [4.69, 9.17) is 0 Å². The molecule has 2 unspecified atom stereocenters. The summed E-state index contributed by atoms with van der Waals surface area (Å²) in [7, 11) is 0. The molecule has 0 aliphatic heterocycles. The van der Waals surface area contributed by atoms with Crippen LogP contribution in [0.3, 0.4) is 0 Å². The summed E-state index contributed by atoms with van der Waals surface area (Å²) >= 11 is 0.